The molecule has 0 radical (unpaired) electrons. The van der Waals surface area contributed by atoms with Crippen LogP contribution in [-0.4, -0.2) is 74.1 Å². The highest BCUT2D eigenvalue weighted by molar-refractivity contribution is 5.76. The summed E-state index contributed by atoms with van der Waals surface area (Å²) in [5.41, 5.74) is 2.64. The molecule has 0 bridgehead atoms. The van der Waals surface area contributed by atoms with Crippen LogP contribution in [-0.2, 0) is 4.79 Å². The highest BCUT2D eigenvalue weighted by Crippen LogP contribution is 2.18. The Morgan fingerprint density at radius 3 is 2.73 bits per heavy atom. The largest absolute Gasteiger partial charge is 0.369 e. The Kier molecular flexibility index (Phi) is 6.92. The van der Waals surface area contributed by atoms with Crippen molar-refractivity contribution in [1.82, 2.24) is 15.1 Å². The molecule has 5 nitrogen and oxygen atoms in total. The molecule has 1 amide bonds. The second-order valence-electron chi connectivity index (χ2n) is 7.65. The van der Waals surface area contributed by atoms with Crippen LogP contribution >= 0.6 is 0 Å². The molecule has 2 heterocycles. The van der Waals surface area contributed by atoms with Crippen LogP contribution in [0.5, 0.6) is 0 Å². The predicted octanol–water partition coefficient (Wildman–Crippen LogP) is 2.11. The van der Waals surface area contributed by atoms with E-state index in [0.29, 0.717) is 18.4 Å². The van der Waals surface area contributed by atoms with E-state index in [0.717, 1.165) is 65.2 Å². The molecule has 1 N–H and O–H groups in total. The quantitative estimate of drug-likeness (QED) is 0.810. The molecule has 2 saturated heterocycles. The molecule has 3 rings (SSSR count). The van der Waals surface area contributed by atoms with Gasteiger partial charge in [0.05, 0.1) is 0 Å². The van der Waals surface area contributed by atoms with Crippen molar-refractivity contribution in [2.24, 2.45) is 0 Å². The molecule has 2 aliphatic rings. The van der Waals surface area contributed by atoms with E-state index in [-0.39, 0.29) is 0 Å². The Morgan fingerprint density at radius 2 is 2.08 bits per heavy atom. The fourth-order valence-corrected chi connectivity index (χ4v) is 4.11. The molecular weight excluding hydrogens is 324 g/mol. The van der Waals surface area contributed by atoms with Crippen molar-refractivity contribution >= 4 is 11.6 Å². The number of anilines is 1. The number of amides is 1. The molecule has 0 aliphatic carbocycles. The van der Waals surface area contributed by atoms with Crippen LogP contribution in [0.4, 0.5) is 5.69 Å². The third kappa shape index (κ3) is 4.98. The van der Waals surface area contributed by atoms with Crippen molar-refractivity contribution in [3.8, 4) is 0 Å². The van der Waals surface area contributed by atoms with Crippen molar-refractivity contribution in [1.29, 1.82) is 0 Å². The third-order valence-corrected chi connectivity index (χ3v) is 5.64. The SMILES string of the molecule is CCCN(C(=O)CCN1CCN(c2cccc(C)c2)CC1)C1CCNC1. The second kappa shape index (κ2) is 9.38. The molecule has 0 saturated carbocycles. The first-order valence-electron chi connectivity index (χ1n) is 10.2. The lowest BCUT2D eigenvalue weighted by molar-refractivity contribution is -0.133. The minimum Gasteiger partial charge on any atom is -0.369 e. The first kappa shape index (κ1) is 19.2. The summed E-state index contributed by atoms with van der Waals surface area (Å²) >= 11 is 0. The number of piperazine rings is 1. The molecule has 1 atom stereocenters. The van der Waals surface area contributed by atoms with Crippen LogP contribution in [0.3, 0.4) is 0 Å². The van der Waals surface area contributed by atoms with E-state index in [2.05, 4.69) is 58.1 Å². The first-order valence-corrected chi connectivity index (χ1v) is 10.2. The molecule has 26 heavy (non-hydrogen) atoms. The van der Waals surface area contributed by atoms with Gasteiger partial charge >= 0.3 is 0 Å². The molecule has 0 aromatic heterocycles. The standard InChI is InChI=1S/C21H34N4O/c1-3-10-25(20-7-9-22-17-20)21(26)8-11-23-12-14-24(15-13-23)19-6-4-5-18(2)16-19/h4-6,16,20,22H,3,7-15,17H2,1-2H3. The summed E-state index contributed by atoms with van der Waals surface area (Å²) in [6.45, 7) is 12.3. The van der Waals surface area contributed by atoms with Crippen molar-refractivity contribution in [2.45, 2.75) is 39.2 Å². The number of rotatable bonds is 7. The van der Waals surface area contributed by atoms with Gasteiger partial charge in [0.15, 0.2) is 0 Å². The molecule has 1 aromatic rings. The van der Waals surface area contributed by atoms with Crippen LogP contribution < -0.4 is 10.2 Å². The summed E-state index contributed by atoms with van der Waals surface area (Å²) in [7, 11) is 0. The maximum atomic E-state index is 12.7. The van der Waals surface area contributed by atoms with Gasteiger partial charge in [0, 0.05) is 64.0 Å². The zero-order chi connectivity index (χ0) is 18.4. The van der Waals surface area contributed by atoms with Crippen LogP contribution in [0.2, 0.25) is 0 Å². The highest BCUT2D eigenvalue weighted by Gasteiger charge is 2.26. The van der Waals surface area contributed by atoms with E-state index in [4.69, 9.17) is 0 Å². The van der Waals surface area contributed by atoms with Gasteiger partial charge in [-0.05, 0) is 44.0 Å². The summed E-state index contributed by atoms with van der Waals surface area (Å²) in [4.78, 5) is 19.8. The number of aryl methyl sites for hydroxylation is 1. The van der Waals surface area contributed by atoms with Gasteiger partial charge in [0.25, 0.3) is 0 Å². The van der Waals surface area contributed by atoms with Crippen LogP contribution in [0.25, 0.3) is 0 Å². The lowest BCUT2D eigenvalue weighted by Crippen LogP contribution is -2.48. The smallest absolute Gasteiger partial charge is 0.224 e. The van der Waals surface area contributed by atoms with E-state index in [1.807, 2.05) is 0 Å². The Bertz CT molecular complexity index is 577. The average Bonchev–Trinajstić information content (AvgIpc) is 3.19. The average molecular weight is 359 g/mol. The molecule has 1 aromatic carbocycles. The van der Waals surface area contributed by atoms with Crippen molar-refractivity contribution < 1.29 is 4.79 Å². The van der Waals surface area contributed by atoms with Gasteiger partial charge < -0.3 is 15.1 Å². The Balaban J connectivity index is 1.44. The maximum absolute atomic E-state index is 12.7. The zero-order valence-corrected chi connectivity index (χ0v) is 16.4. The second-order valence-corrected chi connectivity index (χ2v) is 7.65. The normalized spacial score (nSPS) is 21.2. The number of hydrogen-bond acceptors (Lipinski definition) is 4. The molecule has 2 aliphatic heterocycles. The van der Waals surface area contributed by atoms with Gasteiger partial charge in [-0.2, -0.15) is 0 Å². The van der Waals surface area contributed by atoms with E-state index < -0.39 is 0 Å². The van der Waals surface area contributed by atoms with Crippen molar-refractivity contribution in [3.63, 3.8) is 0 Å². The molecular formula is C21H34N4O. The number of carbonyl (C=O) groups excluding carboxylic acids is 1. The Morgan fingerprint density at radius 1 is 1.27 bits per heavy atom. The van der Waals surface area contributed by atoms with Gasteiger partial charge in [0.2, 0.25) is 5.91 Å². The highest BCUT2D eigenvalue weighted by atomic mass is 16.2. The minimum absolute atomic E-state index is 0.335. The van der Waals surface area contributed by atoms with E-state index in [9.17, 15) is 4.79 Å². The van der Waals surface area contributed by atoms with Crippen LogP contribution in [0.1, 0.15) is 31.7 Å². The summed E-state index contributed by atoms with van der Waals surface area (Å²) in [6.07, 6.45) is 2.79. The lowest BCUT2D eigenvalue weighted by atomic mass is 10.1. The summed E-state index contributed by atoms with van der Waals surface area (Å²) < 4.78 is 0. The molecule has 2 fully saturated rings. The molecule has 5 heteroatoms. The predicted molar refractivity (Wildman–Crippen MR) is 108 cm³/mol. The molecule has 0 spiro atoms. The van der Waals surface area contributed by atoms with Gasteiger partial charge in [-0.3, -0.25) is 9.69 Å². The van der Waals surface area contributed by atoms with E-state index >= 15 is 0 Å². The first-order chi connectivity index (χ1) is 12.7. The third-order valence-electron chi connectivity index (χ3n) is 5.64. The zero-order valence-electron chi connectivity index (χ0n) is 16.4. The monoisotopic (exact) mass is 358 g/mol. The number of hydrogen-bond donors (Lipinski definition) is 1. The Labute approximate surface area is 158 Å². The van der Waals surface area contributed by atoms with Gasteiger partial charge in [-0.1, -0.05) is 19.1 Å². The van der Waals surface area contributed by atoms with E-state index in [1.54, 1.807) is 0 Å². The Hall–Kier alpha value is -1.59. The van der Waals surface area contributed by atoms with Crippen molar-refractivity contribution in [2.75, 3.05) is 57.3 Å². The maximum Gasteiger partial charge on any atom is 0.224 e. The molecule has 1 unspecified atom stereocenters. The number of benzene rings is 1. The van der Waals surface area contributed by atoms with E-state index in [1.165, 1.54) is 11.3 Å². The number of nitrogens with zero attached hydrogens (tertiary/aromatic N) is 3. The summed E-state index contributed by atoms with van der Waals surface area (Å²) in [6, 6.07) is 9.14. The van der Waals surface area contributed by atoms with Gasteiger partial charge in [-0.25, -0.2) is 0 Å². The minimum atomic E-state index is 0.335. The fraction of sp³-hybridized carbons (Fsp3) is 0.667. The lowest BCUT2D eigenvalue weighted by Gasteiger charge is -2.36. The van der Waals surface area contributed by atoms with Gasteiger partial charge in [-0.15, -0.1) is 0 Å². The number of nitrogens with one attached hydrogen (secondary N) is 1. The van der Waals surface area contributed by atoms with Crippen LogP contribution in [0, 0.1) is 6.92 Å². The van der Waals surface area contributed by atoms with Gasteiger partial charge in [0.1, 0.15) is 0 Å². The van der Waals surface area contributed by atoms with Crippen LogP contribution in [0.15, 0.2) is 24.3 Å². The summed E-state index contributed by atoms with van der Waals surface area (Å²) in [5, 5.41) is 3.39. The summed E-state index contributed by atoms with van der Waals surface area (Å²) in [5.74, 6) is 0.335. The van der Waals surface area contributed by atoms with Crippen molar-refractivity contribution in [3.05, 3.63) is 29.8 Å². The fourth-order valence-electron chi connectivity index (χ4n) is 4.11. The number of carbonyl (C=O) groups is 1. The topological polar surface area (TPSA) is 38.8 Å². The molecule has 144 valence electrons.